The standard InChI is InChI=1S/C22H34N4O6/c1-21(2)28-14-15(30-21)16-17-18(32-22(3,4)31-17)19(29-16)27-13-12-25-8-10-26(11-9-25)20-23-6-5-7-24-20/h5-7,15-19H,8-14H2,1-4H3/t15-,16-,17+,18+,19+/m1/s1. The van der Waals surface area contributed by atoms with E-state index in [0.717, 1.165) is 38.7 Å². The Bertz CT molecular complexity index is 773. The summed E-state index contributed by atoms with van der Waals surface area (Å²) in [5.41, 5.74) is 0. The molecule has 5 atom stereocenters. The lowest BCUT2D eigenvalue weighted by Crippen LogP contribution is -2.48. The van der Waals surface area contributed by atoms with Gasteiger partial charge in [-0.15, -0.1) is 0 Å². The topological polar surface area (TPSA) is 87.6 Å². The number of nitrogens with zero attached hydrogens (tertiary/aromatic N) is 4. The zero-order valence-electron chi connectivity index (χ0n) is 19.3. The monoisotopic (exact) mass is 450 g/mol. The second-order valence-corrected chi connectivity index (χ2v) is 9.65. The molecule has 4 fully saturated rings. The zero-order chi connectivity index (χ0) is 22.3. The molecule has 1 aromatic rings. The summed E-state index contributed by atoms with van der Waals surface area (Å²) in [5.74, 6) is -0.504. The molecule has 5 rings (SSSR count). The molecule has 4 saturated heterocycles. The number of rotatable bonds is 6. The SMILES string of the molecule is CC1(C)O[C@@H]2[C@H](O1)[C@@H](OCCN1CCN(c3ncccn3)CC1)O[C@@H]2[C@H]1COC(C)(C)O1. The second kappa shape index (κ2) is 8.75. The Morgan fingerprint density at radius 1 is 0.938 bits per heavy atom. The van der Waals surface area contributed by atoms with Gasteiger partial charge in [-0.2, -0.15) is 0 Å². The highest BCUT2D eigenvalue weighted by Crippen LogP contribution is 2.42. The van der Waals surface area contributed by atoms with Crippen molar-refractivity contribution in [2.24, 2.45) is 0 Å². The summed E-state index contributed by atoms with van der Waals surface area (Å²) in [5, 5.41) is 0. The van der Waals surface area contributed by atoms with E-state index in [1.807, 2.05) is 33.8 Å². The molecule has 0 N–H and O–H groups in total. The number of fused-ring (bicyclic) bond motifs is 1. The van der Waals surface area contributed by atoms with Gasteiger partial charge >= 0.3 is 0 Å². The predicted molar refractivity (Wildman–Crippen MR) is 114 cm³/mol. The summed E-state index contributed by atoms with van der Waals surface area (Å²) in [7, 11) is 0. The van der Waals surface area contributed by atoms with Gasteiger partial charge in [-0.1, -0.05) is 0 Å². The van der Waals surface area contributed by atoms with Crippen LogP contribution < -0.4 is 4.90 Å². The van der Waals surface area contributed by atoms with Crippen LogP contribution in [0.2, 0.25) is 0 Å². The molecule has 10 heteroatoms. The van der Waals surface area contributed by atoms with Crippen molar-refractivity contribution in [1.29, 1.82) is 0 Å². The molecule has 10 nitrogen and oxygen atoms in total. The zero-order valence-corrected chi connectivity index (χ0v) is 19.3. The van der Waals surface area contributed by atoms with E-state index in [9.17, 15) is 0 Å². The molecule has 0 spiro atoms. The fourth-order valence-electron chi connectivity index (χ4n) is 4.83. The quantitative estimate of drug-likeness (QED) is 0.626. The van der Waals surface area contributed by atoms with Gasteiger partial charge in [0.15, 0.2) is 17.9 Å². The largest absolute Gasteiger partial charge is 0.349 e. The molecule has 0 unspecified atom stereocenters. The highest BCUT2D eigenvalue weighted by Gasteiger charge is 2.59. The molecule has 0 aliphatic carbocycles. The minimum absolute atomic E-state index is 0.211. The van der Waals surface area contributed by atoms with Crippen molar-refractivity contribution < 1.29 is 28.4 Å². The van der Waals surface area contributed by atoms with Crippen LogP contribution in [0.25, 0.3) is 0 Å². The number of piperazine rings is 1. The van der Waals surface area contributed by atoms with Crippen LogP contribution >= 0.6 is 0 Å². The van der Waals surface area contributed by atoms with E-state index in [1.54, 1.807) is 12.4 Å². The van der Waals surface area contributed by atoms with Gasteiger partial charge in [0, 0.05) is 45.1 Å². The molecule has 4 aliphatic heterocycles. The van der Waals surface area contributed by atoms with Gasteiger partial charge in [-0.25, -0.2) is 9.97 Å². The number of hydrogen-bond donors (Lipinski definition) is 0. The fourth-order valence-corrected chi connectivity index (χ4v) is 4.83. The molecule has 32 heavy (non-hydrogen) atoms. The number of ether oxygens (including phenoxy) is 6. The Balaban J connectivity index is 1.12. The smallest absolute Gasteiger partial charge is 0.225 e. The van der Waals surface area contributed by atoms with Crippen molar-refractivity contribution in [3.05, 3.63) is 18.5 Å². The molecule has 5 heterocycles. The Morgan fingerprint density at radius 3 is 2.34 bits per heavy atom. The van der Waals surface area contributed by atoms with E-state index in [2.05, 4.69) is 19.8 Å². The third-order valence-electron chi connectivity index (χ3n) is 6.34. The van der Waals surface area contributed by atoms with Gasteiger partial charge in [0.25, 0.3) is 0 Å². The molecular formula is C22H34N4O6. The highest BCUT2D eigenvalue weighted by atomic mass is 16.8. The molecule has 1 aromatic heterocycles. The summed E-state index contributed by atoms with van der Waals surface area (Å²) < 4.78 is 36.5. The molecule has 0 bridgehead atoms. The van der Waals surface area contributed by atoms with Crippen molar-refractivity contribution in [2.75, 3.05) is 50.8 Å². The molecule has 4 aliphatic rings. The van der Waals surface area contributed by atoms with Crippen LogP contribution in [0.15, 0.2) is 18.5 Å². The average Bonchev–Trinajstić information content (AvgIpc) is 3.39. The second-order valence-electron chi connectivity index (χ2n) is 9.65. The van der Waals surface area contributed by atoms with E-state index in [1.165, 1.54) is 0 Å². The van der Waals surface area contributed by atoms with E-state index < -0.39 is 17.9 Å². The number of aromatic nitrogens is 2. The third-order valence-corrected chi connectivity index (χ3v) is 6.34. The maximum Gasteiger partial charge on any atom is 0.225 e. The van der Waals surface area contributed by atoms with Crippen molar-refractivity contribution in [2.45, 2.75) is 70.0 Å². The molecule has 0 radical (unpaired) electrons. The van der Waals surface area contributed by atoms with E-state index in [-0.39, 0.29) is 24.4 Å². The van der Waals surface area contributed by atoms with Crippen molar-refractivity contribution >= 4 is 5.95 Å². The van der Waals surface area contributed by atoms with Crippen LogP contribution in [0.1, 0.15) is 27.7 Å². The molecular weight excluding hydrogens is 416 g/mol. The summed E-state index contributed by atoms with van der Waals surface area (Å²) in [6, 6.07) is 1.84. The van der Waals surface area contributed by atoms with Gasteiger partial charge in [0.1, 0.15) is 24.4 Å². The number of anilines is 1. The lowest BCUT2D eigenvalue weighted by atomic mass is 10.1. The molecule has 0 aromatic carbocycles. The van der Waals surface area contributed by atoms with Gasteiger partial charge < -0.3 is 33.3 Å². The summed E-state index contributed by atoms with van der Waals surface area (Å²) >= 11 is 0. The average molecular weight is 451 g/mol. The minimum Gasteiger partial charge on any atom is -0.349 e. The lowest BCUT2D eigenvalue weighted by molar-refractivity contribution is -0.247. The van der Waals surface area contributed by atoms with E-state index in [0.29, 0.717) is 13.2 Å². The first-order chi connectivity index (χ1) is 15.3. The molecule has 178 valence electrons. The summed E-state index contributed by atoms with van der Waals surface area (Å²) in [4.78, 5) is 13.3. The Kier molecular flexibility index (Phi) is 6.12. The van der Waals surface area contributed by atoms with Gasteiger partial charge in [0.05, 0.1) is 13.2 Å². The Labute approximate surface area is 189 Å². The normalized spacial score (nSPS) is 36.5. The van der Waals surface area contributed by atoms with E-state index >= 15 is 0 Å². The predicted octanol–water partition coefficient (Wildman–Crippen LogP) is 1.01. The molecule has 0 saturated carbocycles. The van der Waals surface area contributed by atoms with Gasteiger partial charge in [-0.05, 0) is 33.8 Å². The van der Waals surface area contributed by atoms with Crippen LogP contribution in [0.4, 0.5) is 5.95 Å². The first-order valence-corrected chi connectivity index (χ1v) is 11.5. The van der Waals surface area contributed by atoms with Crippen LogP contribution in [-0.2, 0) is 28.4 Å². The summed E-state index contributed by atoms with van der Waals surface area (Å²) in [6.45, 7) is 13.2. The first-order valence-electron chi connectivity index (χ1n) is 11.5. The van der Waals surface area contributed by atoms with Crippen LogP contribution in [0.5, 0.6) is 0 Å². The maximum absolute atomic E-state index is 6.24. The first kappa shape index (κ1) is 22.4. The number of hydrogen-bond acceptors (Lipinski definition) is 10. The molecule has 0 amide bonds. The maximum atomic E-state index is 6.24. The van der Waals surface area contributed by atoms with Crippen molar-refractivity contribution in [3.63, 3.8) is 0 Å². The van der Waals surface area contributed by atoms with Crippen molar-refractivity contribution in [3.8, 4) is 0 Å². The van der Waals surface area contributed by atoms with Crippen molar-refractivity contribution in [1.82, 2.24) is 14.9 Å². The lowest BCUT2D eigenvalue weighted by Gasteiger charge is -2.34. The van der Waals surface area contributed by atoms with Gasteiger partial charge in [-0.3, -0.25) is 4.90 Å². The minimum atomic E-state index is -0.677. The van der Waals surface area contributed by atoms with Crippen LogP contribution in [0.3, 0.4) is 0 Å². The van der Waals surface area contributed by atoms with Crippen LogP contribution in [0, 0.1) is 0 Å². The Morgan fingerprint density at radius 2 is 1.66 bits per heavy atom. The highest BCUT2D eigenvalue weighted by molar-refractivity contribution is 5.29. The summed E-state index contributed by atoms with van der Waals surface area (Å²) in [6.07, 6.45) is 2.05. The van der Waals surface area contributed by atoms with Gasteiger partial charge in [0.2, 0.25) is 5.95 Å². The fraction of sp³-hybridized carbons (Fsp3) is 0.818. The third kappa shape index (κ3) is 4.77. The Hall–Kier alpha value is -1.40. The van der Waals surface area contributed by atoms with Crippen LogP contribution in [-0.4, -0.2) is 103 Å². The van der Waals surface area contributed by atoms with E-state index in [4.69, 9.17) is 28.4 Å².